The summed E-state index contributed by atoms with van der Waals surface area (Å²) < 4.78 is 0. The van der Waals surface area contributed by atoms with Crippen LogP contribution in [0.2, 0.25) is 0 Å². The Morgan fingerprint density at radius 2 is 1.94 bits per heavy atom. The van der Waals surface area contributed by atoms with Crippen LogP contribution in [-0.4, -0.2) is 15.8 Å². The van der Waals surface area contributed by atoms with Crippen LogP contribution in [0.4, 0.5) is 5.69 Å². The highest BCUT2D eigenvalue weighted by atomic mass is 16.6. The van der Waals surface area contributed by atoms with Gasteiger partial charge >= 0.3 is 0 Å². The average molecular weight is 219 g/mol. The first-order chi connectivity index (χ1) is 7.61. The number of aliphatic hydroxyl groups is 1. The van der Waals surface area contributed by atoms with E-state index in [0.717, 1.165) is 0 Å². The number of nitro groups is 1. The third kappa shape index (κ3) is 1.56. The molecule has 0 fully saturated rings. The minimum atomic E-state index is -0.554. The van der Waals surface area contributed by atoms with Gasteiger partial charge in [0.15, 0.2) is 5.78 Å². The molecule has 0 radical (unpaired) electrons. The second kappa shape index (κ2) is 3.77. The second-order valence-corrected chi connectivity index (χ2v) is 3.52. The van der Waals surface area contributed by atoms with Crippen molar-refractivity contribution in [2.75, 3.05) is 0 Å². The third-order valence-electron chi connectivity index (χ3n) is 2.53. The molecule has 82 valence electrons. The van der Waals surface area contributed by atoms with E-state index in [-0.39, 0.29) is 41.2 Å². The van der Waals surface area contributed by atoms with Gasteiger partial charge in [0.1, 0.15) is 5.76 Å². The molecule has 1 aromatic carbocycles. The molecule has 1 aliphatic rings. The maximum absolute atomic E-state index is 11.5. The van der Waals surface area contributed by atoms with Gasteiger partial charge in [-0.1, -0.05) is 12.1 Å². The van der Waals surface area contributed by atoms with Crippen LogP contribution in [0.15, 0.2) is 30.0 Å². The Bertz CT molecular complexity index is 504. The van der Waals surface area contributed by atoms with E-state index in [1.807, 2.05) is 0 Å². The largest absolute Gasteiger partial charge is 0.512 e. The van der Waals surface area contributed by atoms with Crippen LogP contribution in [0, 0.1) is 10.1 Å². The van der Waals surface area contributed by atoms with Gasteiger partial charge in [0.05, 0.1) is 16.1 Å². The molecule has 1 aromatic rings. The molecule has 0 heterocycles. The van der Waals surface area contributed by atoms with Crippen LogP contribution in [0.25, 0.3) is 5.57 Å². The fraction of sp³-hybridized carbons (Fsp3) is 0.182. The van der Waals surface area contributed by atoms with Crippen LogP contribution in [0.1, 0.15) is 18.4 Å². The van der Waals surface area contributed by atoms with Gasteiger partial charge in [-0.2, -0.15) is 0 Å². The second-order valence-electron chi connectivity index (χ2n) is 3.52. The van der Waals surface area contributed by atoms with Crippen molar-refractivity contribution in [3.8, 4) is 0 Å². The van der Waals surface area contributed by atoms with E-state index in [2.05, 4.69) is 0 Å². The number of rotatable bonds is 2. The standard InChI is InChI=1S/C11H9NO4/c13-9-5-6-10(14)11(9)7-3-1-2-4-8(7)12(15)16/h1-4,13H,5-6H2. The Morgan fingerprint density at radius 3 is 2.50 bits per heavy atom. The highest BCUT2D eigenvalue weighted by molar-refractivity contribution is 6.24. The lowest BCUT2D eigenvalue weighted by Crippen LogP contribution is -2.00. The molecule has 1 N–H and O–H groups in total. The normalized spacial score (nSPS) is 15.6. The van der Waals surface area contributed by atoms with Gasteiger partial charge in [0, 0.05) is 18.9 Å². The summed E-state index contributed by atoms with van der Waals surface area (Å²) in [6.45, 7) is 0. The van der Waals surface area contributed by atoms with Crippen LogP contribution in [0.5, 0.6) is 0 Å². The SMILES string of the molecule is O=C1CCC(O)=C1c1ccccc1[N+](=O)[O-]. The zero-order chi connectivity index (χ0) is 11.7. The van der Waals surface area contributed by atoms with Gasteiger partial charge in [0.2, 0.25) is 0 Å². The molecule has 0 aliphatic heterocycles. The summed E-state index contributed by atoms with van der Waals surface area (Å²) in [7, 11) is 0. The molecule has 0 spiro atoms. The summed E-state index contributed by atoms with van der Waals surface area (Å²) in [6, 6.07) is 5.93. The number of nitrogens with zero attached hydrogens (tertiary/aromatic N) is 1. The summed E-state index contributed by atoms with van der Waals surface area (Å²) in [5.41, 5.74) is 0.138. The van der Waals surface area contributed by atoms with Crippen molar-refractivity contribution in [3.05, 3.63) is 45.7 Å². The number of para-hydroxylation sites is 1. The molecule has 16 heavy (non-hydrogen) atoms. The predicted octanol–water partition coefficient (Wildman–Crippen LogP) is 2.23. The Hall–Kier alpha value is -2.17. The van der Waals surface area contributed by atoms with Gasteiger partial charge in [-0.05, 0) is 6.07 Å². The fourth-order valence-corrected chi connectivity index (χ4v) is 1.79. The first-order valence-electron chi connectivity index (χ1n) is 4.80. The lowest BCUT2D eigenvalue weighted by atomic mass is 10.0. The quantitative estimate of drug-likeness (QED) is 0.610. The number of carbonyl (C=O) groups excluding carboxylic acids is 1. The van der Waals surface area contributed by atoms with Gasteiger partial charge in [-0.3, -0.25) is 14.9 Å². The van der Waals surface area contributed by atoms with E-state index in [9.17, 15) is 20.0 Å². The van der Waals surface area contributed by atoms with Crippen molar-refractivity contribution in [1.82, 2.24) is 0 Å². The van der Waals surface area contributed by atoms with Crippen LogP contribution in [0.3, 0.4) is 0 Å². The molecular formula is C11H9NO4. The van der Waals surface area contributed by atoms with Gasteiger partial charge < -0.3 is 5.11 Å². The molecule has 2 rings (SSSR count). The third-order valence-corrected chi connectivity index (χ3v) is 2.53. The van der Waals surface area contributed by atoms with Gasteiger partial charge in [-0.15, -0.1) is 0 Å². The van der Waals surface area contributed by atoms with E-state index < -0.39 is 4.92 Å². The molecule has 0 aromatic heterocycles. The number of carbonyl (C=O) groups is 1. The zero-order valence-corrected chi connectivity index (χ0v) is 8.34. The zero-order valence-electron chi connectivity index (χ0n) is 8.34. The molecule has 0 amide bonds. The maximum atomic E-state index is 11.5. The molecule has 5 nitrogen and oxygen atoms in total. The minimum absolute atomic E-state index is 0.0562. The number of nitro benzene ring substituents is 1. The summed E-state index contributed by atoms with van der Waals surface area (Å²) in [5, 5.41) is 20.3. The Kier molecular flexibility index (Phi) is 2.44. The molecule has 5 heteroatoms. The van der Waals surface area contributed by atoms with Crippen molar-refractivity contribution in [2.45, 2.75) is 12.8 Å². The van der Waals surface area contributed by atoms with Crippen LogP contribution in [-0.2, 0) is 4.79 Å². The number of benzene rings is 1. The molecule has 0 unspecified atom stereocenters. The molecule has 0 saturated carbocycles. The smallest absolute Gasteiger partial charge is 0.277 e. The molecule has 1 aliphatic carbocycles. The average Bonchev–Trinajstić information content (AvgIpc) is 2.58. The van der Waals surface area contributed by atoms with E-state index >= 15 is 0 Å². The summed E-state index contributed by atoms with van der Waals surface area (Å²) in [6.07, 6.45) is 0.480. The maximum Gasteiger partial charge on any atom is 0.277 e. The number of hydrogen-bond acceptors (Lipinski definition) is 4. The van der Waals surface area contributed by atoms with E-state index in [4.69, 9.17) is 0 Å². The lowest BCUT2D eigenvalue weighted by Gasteiger charge is -2.02. The number of aliphatic hydroxyl groups excluding tert-OH is 1. The molecule has 0 bridgehead atoms. The van der Waals surface area contributed by atoms with Gasteiger partial charge in [-0.25, -0.2) is 0 Å². The van der Waals surface area contributed by atoms with Gasteiger partial charge in [0.25, 0.3) is 5.69 Å². The van der Waals surface area contributed by atoms with E-state index in [1.165, 1.54) is 18.2 Å². The highest BCUT2D eigenvalue weighted by Gasteiger charge is 2.28. The first kappa shape index (κ1) is 10.4. The Balaban J connectivity index is 2.61. The first-order valence-corrected chi connectivity index (χ1v) is 4.80. The van der Waals surface area contributed by atoms with Crippen molar-refractivity contribution >= 4 is 17.0 Å². The fourth-order valence-electron chi connectivity index (χ4n) is 1.79. The summed E-state index contributed by atoms with van der Waals surface area (Å²) >= 11 is 0. The van der Waals surface area contributed by atoms with Crippen molar-refractivity contribution in [1.29, 1.82) is 0 Å². The van der Waals surface area contributed by atoms with Crippen molar-refractivity contribution in [2.24, 2.45) is 0 Å². The number of Topliss-reactive ketones (excluding diaryl/α,β-unsaturated/α-hetero) is 1. The Morgan fingerprint density at radius 1 is 1.25 bits per heavy atom. The summed E-state index contributed by atoms with van der Waals surface area (Å²) in [5.74, 6) is -0.300. The van der Waals surface area contributed by atoms with Crippen molar-refractivity contribution in [3.63, 3.8) is 0 Å². The van der Waals surface area contributed by atoms with Crippen molar-refractivity contribution < 1.29 is 14.8 Å². The minimum Gasteiger partial charge on any atom is -0.512 e. The molecule has 0 saturated heterocycles. The van der Waals surface area contributed by atoms with E-state index in [1.54, 1.807) is 6.07 Å². The number of hydrogen-bond donors (Lipinski definition) is 1. The molecule has 0 atom stereocenters. The predicted molar refractivity (Wildman–Crippen MR) is 56.9 cm³/mol. The van der Waals surface area contributed by atoms with E-state index in [0.29, 0.717) is 0 Å². The summed E-state index contributed by atoms with van der Waals surface area (Å²) in [4.78, 5) is 21.7. The number of allylic oxidation sites excluding steroid dienone is 2. The Labute approximate surface area is 91.2 Å². The number of ketones is 1. The topological polar surface area (TPSA) is 80.4 Å². The monoisotopic (exact) mass is 219 g/mol. The lowest BCUT2D eigenvalue weighted by molar-refractivity contribution is -0.385. The van der Waals surface area contributed by atoms with Crippen LogP contribution >= 0.6 is 0 Å². The van der Waals surface area contributed by atoms with Crippen LogP contribution < -0.4 is 0 Å². The highest BCUT2D eigenvalue weighted by Crippen LogP contribution is 2.34. The molecular weight excluding hydrogens is 210 g/mol.